The van der Waals surface area contributed by atoms with Crippen molar-refractivity contribution in [2.45, 2.75) is 13.3 Å². The largest absolute Gasteiger partial charge is 0.458 e. The van der Waals surface area contributed by atoms with Gasteiger partial charge in [-0.15, -0.1) is 0 Å². The molecule has 0 aliphatic rings. The van der Waals surface area contributed by atoms with Crippen LogP contribution in [0.2, 0.25) is 0 Å². The van der Waals surface area contributed by atoms with Crippen LogP contribution in [-0.4, -0.2) is 0 Å². The van der Waals surface area contributed by atoms with Gasteiger partial charge in [-0.05, 0) is 24.6 Å². The molecule has 0 unspecified atom stereocenters. The number of ether oxygens (including phenoxy) is 1. The van der Waals surface area contributed by atoms with Crippen LogP contribution in [0.3, 0.4) is 0 Å². The van der Waals surface area contributed by atoms with Crippen molar-refractivity contribution >= 4 is 0 Å². The summed E-state index contributed by atoms with van der Waals surface area (Å²) in [6.45, 7) is 5.85. The van der Waals surface area contributed by atoms with Crippen molar-refractivity contribution in [2.75, 3.05) is 0 Å². The summed E-state index contributed by atoms with van der Waals surface area (Å²) in [5, 5.41) is 0. The maximum absolute atomic E-state index is 5.44. The minimum absolute atomic E-state index is 0.674. The number of para-hydroxylation sites is 1. The highest BCUT2D eigenvalue weighted by atomic mass is 16.5. The lowest BCUT2D eigenvalue weighted by Crippen LogP contribution is -1.88. The van der Waals surface area contributed by atoms with E-state index in [9.17, 15) is 0 Å². The van der Waals surface area contributed by atoms with Gasteiger partial charge in [-0.2, -0.15) is 0 Å². The van der Waals surface area contributed by atoms with Gasteiger partial charge in [-0.1, -0.05) is 37.8 Å². The second-order valence-electron chi connectivity index (χ2n) is 2.69. The zero-order valence-electron chi connectivity index (χ0n) is 7.86. The van der Waals surface area contributed by atoms with Crippen molar-refractivity contribution in [2.24, 2.45) is 0 Å². The SMILES string of the molecule is C=C(/C=C/CC)Oc1ccccc1. The van der Waals surface area contributed by atoms with Crippen molar-refractivity contribution in [3.05, 3.63) is 54.8 Å². The van der Waals surface area contributed by atoms with E-state index in [1.165, 1.54) is 0 Å². The summed E-state index contributed by atoms with van der Waals surface area (Å²) in [7, 11) is 0. The standard InChI is InChI=1S/C12H14O/c1-3-4-8-11(2)13-12-9-6-5-7-10-12/h4-10H,2-3H2,1H3/b8-4+. The monoisotopic (exact) mass is 174 g/mol. The van der Waals surface area contributed by atoms with E-state index in [1.54, 1.807) is 0 Å². The fourth-order valence-corrected chi connectivity index (χ4v) is 0.923. The zero-order valence-corrected chi connectivity index (χ0v) is 7.86. The highest BCUT2D eigenvalue weighted by Crippen LogP contribution is 2.12. The smallest absolute Gasteiger partial charge is 0.127 e. The molecule has 0 N–H and O–H groups in total. The number of rotatable bonds is 4. The Balaban J connectivity index is 2.50. The van der Waals surface area contributed by atoms with Crippen molar-refractivity contribution in [1.29, 1.82) is 0 Å². The lowest BCUT2D eigenvalue weighted by Gasteiger charge is -2.03. The van der Waals surface area contributed by atoms with Gasteiger partial charge in [-0.3, -0.25) is 0 Å². The molecule has 0 saturated carbocycles. The Labute approximate surface area is 79.4 Å². The van der Waals surface area contributed by atoms with Gasteiger partial charge in [0, 0.05) is 0 Å². The van der Waals surface area contributed by atoms with Crippen LogP contribution in [0.5, 0.6) is 5.75 Å². The molecule has 0 atom stereocenters. The highest BCUT2D eigenvalue weighted by molar-refractivity contribution is 5.25. The molecule has 0 aliphatic carbocycles. The normalized spacial score (nSPS) is 10.2. The molecule has 1 nitrogen and oxygen atoms in total. The minimum Gasteiger partial charge on any atom is -0.458 e. The van der Waals surface area contributed by atoms with E-state index >= 15 is 0 Å². The molecular weight excluding hydrogens is 160 g/mol. The molecule has 0 radical (unpaired) electrons. The molecule has 13 heavy (non-hydrogen) atoms. The zero-order chi connectivity index (χ0) is 9.52. The molecule has 0 heterocycles. The molecule has 0 amide bonds. The predicted molar refractivity (Wildman–Crippen MR) is 55.6 cm³/mol. The predicted octanol–water partition coefficient (Wildman–Crippen LogP) is 3.55. The Morgan fingerprint density at radius 2 is 2.08 bits per heavy atom. The van der Waals surface area contributed by atoms with Gasteiger partial charge in [0.15, 0.2) is 0 Å². The van der Waals surface area contributed by atoms with Crippen LogP contribution in [0.4, 0.5) is 0 Å². The fourth-order valence-electron chi connectivity index (χ4n) is 0.923. The highest BCUT2D eigenvalue weighted by Gasteiger charge is 1.91. The fraction of sp³-hybridized carbons (Fsp3) is 0.167. The lowest BCUT2D eigenvalue weighted by atomic mass is 10.3. The lowest BCUT2D eigenvalue weighted by molar-refractivity contribution is 0.446. The Morgan fingerprint density at radius 3 is 2.69 bits per heavy atom. The maximum atomic E-state index is 5.44. The molecule has 0 fully saturated rings. The number of allylic oxidation sites excluding steroid dienone is 2. The van der Waals surface area contributed by atoms with E-state index < -0.39 is 0 Å². The summed E-state index contributed by atoms with van der Waals surface area (Å²) >= 11 is 0. The molecule has 0 saturated heterocycles. The summed E-state index contributed by atoms with van der Waals surface area (Å²) in [4.78, 5) is 0. The first kappa shape index (κ1) is 9.59. The molecule has 0 bridgehead atoms. The van der Waals surface area contributed by atoms with Crippen LogP contribution in [0.25, 0.3) is 0 Å². The first-order valence-electron chi connectivity index (χ1n) is 4.41. The summed E-state index contributed by atoms with van der Waals surface area (Å²) in [6, 6.07) is 9.64. The van der Waals surface area contributed by atoms with Crippen molar-refractivity contribution in [3.63, 3.8) is 0 Å². The van der Waals surface area contributed by atoms with E-state index in [-0.39, 0.29) is 0 Å². The van der Waals surface area contributed by atoms with Gasteiger partial charge in [0.2, 0.25) is 0 Å². The Bertz CT molecular complexity index is 285. The molecule has 1 heteroatoms. The van der Waals surface area contributed by atoms with Crippen LogP contribution >= 0.6 is 0 Å². The van der Waals surface area contributed by atoms with Gasteiger partial charge in [0.05, 0.1) is 0 Å². The van der Waals surface area contributed by atoms with Crippen LogP contribution in [-0.2, 0) is 0 Å². The summed E-state index contributed by atoms with van der Waals surface area (Å²) < 4.78 is 5.44. The van der Waals surface area contributed by atoms with Gasteiger partial charge in [0.25, 0.3) is 0 Å². The average molecular weight is 174 g/mol. The van der Waals surface area contributed by atoms with E-state index in [4.69, 9.17) is 4.74 Å². The van der Waals surface area contributed by atoms with Crippen LogP contribution in [0, 0.1) is 0 Å². The van der Waals surface area contributed by atoms with E-state index in [0.717, 1.165) is 12.2 Å². The number of benzene rings is 1. The molecule has 1 aromatic carbocycles. The van der Waals surface area contributed by atoms with Crippen molar-refractivity contribution < 1.29 is 4.74 Å². The van der Waals surface area contributed by atoms with Gasteiger partial charge in [-0.25, -0.2) is 0 Å². The second kappa shape index (κ2) is 5.20. The summed E-state index contributed by atoms with van der Waals surface area (Å²) in [5.41, 5.74) is 0. The third-order valence-corrected chi connectivity index (χ3v) is 1.53. The third kappa shape index (κ3) is 3.61. The van der Waals surface area contributed by atoms with Gasteiger partial charge >= 0.3 is 0 Å². The molecular formula is C12H14O. The van der Waals surface area contributed by atoms with E-state index in [1.807, 2.05) is 42.5 Å². The molecule has 0 aromatic heterocycles. The Kier molecular flexibility index (Phi) is 3.83. The Morgan fingerprint density at radius 1 is 1.38 bits per heavy atom. The first-order chi connectivity index (χ1) is 6.33. The maximum Gasteiger partial charge on any atom is 0.127 e. The van der Waals surface area contributed by atoms with Crippen LogP contribution in [0.15, 0.2) is 54.8 Å². The van der Waals surface area contributed by atoms with Gasteiger partial charge < -0.3 is 4.74 Å². The van der Waals surface area contributed by atoms with Crippen LogP contribution < -0.4 is 4.74 Å². The number of hydrogen-bond acceptors (Lipinski definition) is 1. The van der Waals surface area contributed by atoms with Crippen LogP contribution in [0.1, 0.15) is 13.3 Å². The molecule has 0 spiro atoms. The van der Waals surface area contributed by atoms with E-state index in [0.29, 0.717) is 5.76 Å². The minimum atomic E-state index is 0.674. The molecule has 68 valence electrons. The third-order valence-electron chi connectivity index (χ3n) is 1.53. The topological polar surface area (TPSA) is 9.23 Å². The molecule has 1 rings (SSSR count). The quantitative estimate of drug-likeness (QED) is 0.501. The first-order valence-corrected chi connectivity index (χ1v) is 4.41. The summed E-state index contributed by atoms with van der Waals surface area (Å²) in [5.74, 6) is 1.50. The van der Waals surface area contributed by atoms with Gasteiger partial charge in [0.1, 0.15) is 11.5 Å². The second-order valence-corrected chi connectivity index (χ2v) is 2.69. The number of hydrogen-bond donors (Lipinski definition) is 0. The summed E-state index contributed by atoms with van der Waals surface area (Å²) in [6.07, 6.45) is 4.90. The van der Waals surface area contributed by atoms with E-state index in [2.05, 4.69) is 13.5 Å². The molecule has 0 aliphatic heterocycles. The Hall–Kier alpha value is -1.50. The molecule has 1 aromatic rings. The van der Waals surface area contributed by atoms with Crippen molar-refractivity contribution in [1.82, 2.24) is 0 Å². The van der Waals surface area contributed by atoms with Crippen molar-refractivity contribution in [3.8, 4) is 5.75 Å². The average Bonchev–Trinajstić information content (AvgIpc) is 2.16.